The highest BCUT2D eigenvalue weighted by Gasteiger charge is 2.30. The van der Waals surface area contributed by atoms with Gasteiger partial charge in [0.1, 0.15) is 0 Å². The molecule has 6 nitrogen and oxygen atoms in total. The minimum atomic E-state index is -0.0322. The number of hydrogen-bond acceptors (Lipinski definition) is 5. The fourth-order valence-electron chi connectivity index (χ4n) is 4.16. The lowest BCUT2D eigenvalue weighted by Gasteiger charge is -2.36. The van der Waals surface area contributed by atoms with Crippen LogP contribution in [0.2, 0.25) is 5.02 Å². The summed E-state index contributed by atoms with van der Waals surface area (Å²) in [4.78, 5) is 22.1. The summed E-state index contributed by atoms with van der Waals surface area (Å²) in [6.45, 7) is 6.88. The Morgan fingerprint density at radius 2 is 1.94 bits per heavy atom. The summed E-state index contributed by atoms with van der Waals surface area (Å²) in [6, 6.07) is 15.8. The number of benzene rings is 2. The van der Waals surface area contributed by atoms with E-state index in [4.69, 9.17) is 16.1 Å². The first-order valence-electron chi connectivity index (χ1n) is 11.2. The standard InChI is InChI=1S/C25H29ClN4O2/c1-3-14-30(17-23-27-24(28-32-23)19-8-10-21(26)11-9-19)25(31)20-5-4-15-29(16-20)22-12-6-18(2)7-13-22/h6-13,20H,3-5,14-17H2,1-2H3/t20-/m0/s1. The van der Waals surface area contributed by atoms with E-state index in [1.54, 1.807) is 12.1 Å². The average molecular weight is 453 g/mol. The lowest BCUT2D eigenvalue weighted by Crippen LogP contribution is -2.45. The first-order chi connectivity index (χ1) is 15.5. The Labute approximate surface area is 194 Å². The van der Waals surface area contributed by atoms with Crippen LogP contribution in [0.25, 0.3) is 11.4 Å². The third-order valence-electron chi connectivity index (χ3n) is 5.87. The summed E-state index contributed by atoms with van der Waals surface area (Å²) in [5, 5.41) is 4.74. The number of aromatic nitrogens is 2. The molecule has 1 amide bonds. The van der Waals surface area contributed by atoms with Crippen LogP contribution in [0.5, 0.6) is 0 Å². The molecular weight excluding hydrogens is 424 g/mol. The van der Waals surface area contributed by atoms with E-state index in [-0.39, 0.29) is 11.8 Å². The van der Waals surface area contributed by atoms with Gasteiger partial charge in [-0.05, 0) is 62.6 Å². The molecule has 1 aliphatic heterocycles. The highest BCUT2D eigenvalue weighted by molar-refractivity contribution is 6.30. The van der Waals surface area contributed by atoms with Crippen LogP contribution in [0.4, 0.5) is 5.69 Å². The zero-order chi connectivity index (χ0) is 22.5. The van der Waals surface area contributed by atoms with Crippen LogP contribution < -0.4 is 4.90 Å². The molecule has 1 aromatic heterocycles. The molecule has 2 heterocycles. The van der Waals surface area contributed by atoms with Crippen LogP contribution in [0.3, 0.4) is 0 Å². The zero-order valence-electron chi connectivity index (χ0n) is 18.6. The predicted octanol–water partition coefficient (Wildman–Crippen LogP) is 5.35. The van der Waals surface area contributed by atoms with Crippen molar-refractivity contribution in [1.29, 1.82) is 0 Å². The number of piperidine rings is 1. The van der Waals surface area contributed by atoms with Gasteiger partial charge in [-0.2, -0.15) is 4.98 Å². The van der Waals surface area contributed by atoms with Crippen molar-refractivity contribution < 1.29 is 9.32 Å². The molecule has 0 radical (unpaired) electrons. The van der Waals surface area contributed by atoms with Crippen molar-refractivity contribution in [3.8, 4) is 11.4 Å². The molecule has 168 valence electrons. The third kappa shape index (κ3) is 5.30. The molecule has 0 N–H and O–H groups in total. The van der Waals surface area contributed by atoms with Gasteiger partial charge in [-0.25, -0.2) is 0 Å². The smallest absolute Gasteiger partial charge is 0.246 e. The minimum Gasteiger partial charge on any atom is -0.371 e. The van der Waals surface area contributed by atoms with E-state index in [9.17, 15) is 4.79 Å². The number of halogens is 1. The van der Waals surface area contributed by atoms with E-state index in [2.05, 4.69) is 53.2 Å². The fraction of sp³-hybridized carbons (Fsp3) is 0.400. The molecule has 0 aliphatic carbocycles. The van der Waals surface area contributed by atoms with Crippen LogP contribution in [0.15, 0.2) is 53.1 Å². The molecule has 7 heteroatoms. The number of carbonyl (C=O) groups is 1. The number of hydrogen-bond donors (Lipinski definition) is 0. The molecule has 4 rings (SSSR count). The maximum absolute atomic E-state index is 13.4. The second-order valence-electron chi connectivity index (χ2n) is 8.40. The zero-order valence-corrected chi connectivity index (χ0v) is 19.4. The molecule has 0 saturated carbocycles. The third-order valence-corrected chi connectivity index (χ3v) is 6.12. The summed E-state index contributed by atoms with van der Waals surface area (Å²) in [5.41, 5.74) is 3.25. The van der Waals surface area contributed by atoms with Gasteiger partial charge in [0.15, 0.2) is 0 Å². The molecule has 1 saturated heterocycles. The van der Waals surface area contributed by atoms with E-state index in [1.165, 1.54) is 11.3 Å². The Bertz CT molecular complexity index is 1030. The molecule has 0 spiro atoms. The van der Waals surface area contributed by atoms with Crippen molar-refractivity contribution in [2.75, 3.05) is 24.5 Å². The molecule has 0 unspecified atom stereocenters. The quantitative estimate of drug-likeness (QED) is 0.483. The average Bonchev–Trinajstić information content (AvgIpc) is 3.28. The van der Waals surface area contributed by atoms with E-state index in [0.29, 0.717) is 29.8 Å². The molecule has 0 bridgehead atoms. The van der Waals surface area contributed by atoms with Crippen LogP contribution >= 0.6 is 11.6 Å². The topological polar surface area (TPSA) is 62.5 Å². The van der Waals surface area contributed by atoms with Gasteiger partial charge in [0.05, 0.1) is 12.5 Å². The Kier molecular flexibility index (Phi) is 7.10. The van der Waals surface area contributed by atoms with E-state index >= 15 is 0 Å². The molecular formula is C25H29ClN4O2. The molecule has 1 aliphatic rings. The SMILES string of the molecule is CCCN(Cc1nc(-c2ccc(Cl)cc2)no1)C(=O)[C@H]1CCCN(c2ccc(C)cc2)C1. The van der Waals surface area contributed by atoms with Crippen molar-refractivity contribution in [3.05, 3.63) is 65.0 Å². The van der Waals surface area contributed by atoms with Crippen LogP contribution in [0, 0.1) is 12.8 Å². The summed E-state index contributed by atoms with van der Waals surface area (Å²) in [7, 11) is 0. The van der Waals surface area contributed by atoms with Gasteiger partial charge in [0, 0.05) is 35.9 Å². The second-order valence-corrected chi connectivity index (χ2v) is 8.84. The number of aryl methyl sites for hydroxylation is 1. The molecule has 1 fully saturated rings. The number of amides is 1. The van der Waals surface area contributed by atoms with Crippen molar-refractivity contribution in [3.63, 3.8) is 0 Å². The van der Waals surface area contributed by atoms with Gasteiger partial charge < -0.3 is 14.3 Å². The first kappa shape index (κ1) is 22.3. The van der Waals surface area contributed by atoms with Gasteiger partial charge in [-0.3, -0.25) is 4.79 Å². The minimum absolute atomic E-state index is 0.0322. The van der Waals surface area contributed by atoms with Crippen molar-refractivity contribution in [2.24, 2.45) is 5.92 Å². The monoisotopic (exact) mass is 452 g/mol. The van der Waals surface area contributed by atoms with Gasteiger partial charge >= 0.3 is 0 Å². The maximum Gasteiger partial charge on any atom is 0.246 e. The first-order valence-corrected chi connectivity index (χ1v) is 11.6. The largest absolute Gasteiger partial charge is 0.371 e. The molecule has 3 aromatic rings. The number of rotatable bonds is 7. The van der Waals surface area contributed by atoms with E-state index in [0.717, 1.165) is 37.9 Å². The fourth-order valence-corrected chi connectivity index (χ4v) is 4.29. The lowest BCUT2D eigenvalue weighted by atomic mass is 9.95. The number of anilines is 1. The summed E-state index contributed by atoms with van der Waals surface area (Å²) >= 11 is 5.96. The molecule has 2 aromatic carbocycles. The Morgan fingerprint density at radius 3 is 2.66 bits per heavy atom. The number of nitrogens with zero attached hydrogens (tertiary/aromatic N) is 4. The molecule has 32 heavy (non-hydrogen) atoms. The summed E-state index contributed by atoms with van der Waals surface area (Å²) in [5.74, 6) is 1.08. The summed E-state index contributed by atoms with van der Waals surface area (Å²) < 4.78 is 5.47. The van der Waals surface area contributed by atoms with E-state index < -0.39 is 0 Å². The van der Waals surface area contributed by atoms with Crippen molar-refractivity contribution >= 4 is 23.2 Å². The highest BCUT2D eigenvalue weighted by atomic mass is 35.5. The normalized spacial score (nSPS) is 16.2. The van der Waals surface area contributed by atoms with Gasteiger partial charge in [-0.15, -0.1) is 0 Å². The van der Waals surface area contributed by atoms with Crippen LogP contribution in [-0.2, 0) is 11.3 Å². The van der Waals surface area contributed by atoms with E-state index in [1.807, 2.05) is 17.0 Å². The van der Waals surface area contributed by atoms with Gasteiger partial charge in [0.25, 0.3) is 0 Å². The molecule has 1 atom stereocenters. The maximum atomic E-state index is 13.4. The van der Waals surface area contributed by atoms with Gasteiger partial charge in [0.2, 0.25) is 17.6 Å². The Balaban J connectivity index is 1.44. The summed E-state index contributed by atoms with van der Waals surface area (Å²) in [6.07, 6.45) is 2.78. The van der Waals surface area contributed by atoms with Crippen molar-refractivity contribution in [2.45, 2.75) is 39.7 Å². The second kappa shape index (κ2) is 10.2. The predicted molar refractivity (Wildman–Crippen MR) is 127 cm³/mol. The highest BCUT2D eigenvalue weighted by Crippen LogP contribution is 2.26. The van der Waals surface area contributed by atoms with Crippen molar-refractivity contribution in [1.82, 2.24) is 15.0 Å². The van der Waals surface area contributed by atoms with Crippen LogP contribution in [0.1, 0.15) is 37.6 Å². The Morgan fingerprint density at radius 1 is 1.19 bits per heavy atom. The lowest BCUT2D eigenvalue weighted by molar-refractivity contribution is -0.136. The Hall–Kier alpha value is -2.86. The number of carbonyl (C=O) groups excluding carboxylic acids is 1. The van der Waals surface area contributed by atoms with Gasteiger partial charge in [-0.1, -0.05) is 41.4 Å². The van der Waals surface area contributed by atoms with Crippen LogP contribution in [-0.4, -0.2) is 40.6 Å².